The minimum Gasteiger partial charge on any atom is -0.504 e. The number of aryl methyl sites for hydroxylation is 1. The second kappa shape index (κ2) is 7.21. The quantitative estimate of drug-likeness (QED) is 0.486. The van der Waals surface area contributed by atoms with E-state index in [1.165, 1.54) is 24.3 Å². The van der Waals surface area contributed by atoms with Gasteiger partial charge >= 0.3 is 6.18 Å². The van der Waals surface area contributed by atoms with Crippen LogP contribution in [0.25, 0.3) is 0 Å². The van der Waals surface area contributed by atoms with Gasteiger partial charge in [0.1, 0.15) is 12.4 Å². The van der Waals surface area contributed by atoms with Crippen LogP contribution in [0.3, 0.4) is 0 Å². The number of halogens is 3. The van der Waals surface area contributed by atoms with E-state index >= 15 is 0 Å². The second-order valence-corrected chi connectivity index (χ2v) is 5.19. The first-order chi connectivity index (χ1) is 11.3. The number of benzene rings is 2. The molecule has 126 valence electrons. The molecule has 0 amide bonds. The van der Waals surface area contributed by atoms with Gasteiger partial charge in [0.05, 0.1) is 0 Å². The van der Waals surface area contributed by atoms with Crippen LogP contribution in [0, 0.1) is 6.92 Å². The molecule has 2 aromatic carbocycles. The molecule has 0 aliphatic rings. The number of allylic oxidation sites excluding steroid dienone is 2. The second-order valence-electron chi connectivity index (χ2n) is 5.19. The molecule has 24 heavy (non-hydrogen) atoms. The molecule has 0 aliphatic heterocycles. The molecular formula is C18H15F3O3. The number of hydrogen-bond acceptors (Lipinski definition) is 3. The maximum absolute atomic E-state index is 12.2. The molecular weight excluding hydrogens is 321 g/mol. The third kappa shape index (κ3) is 4.87. The molecule has 0 heterocycles. The highest BCUT2D eigenvalue weighted by molar-refractivity contribution is 6.04. The van der Waals surface area contributed by atoms with Crippen molar-refractivity contribution in [3.63, 3.8) is 0 Å². The van der Waals surface area contributed by atoms with E-state index in [1.54, 1.807) is 0 Å². The summed E-state index contributed by atoms with van der Waals surface area (Å²) in [6.07, 6.45) is -4.78. The van der Waals surface area contributed by atoms with E-state index in [2.05, 4.69) is 0 Å². The Kier molecular flexibility index (Phi) is 5.28. The van der Waals surface area contributed by atoms with E-state index in [1.807, 2.05) is 31.2 Å². The van der Waals surface area contributed by atoms with E-state index in [-0.39, 0.29) is 11.6 Å². The zero-order valence-corrected chi connectivity index (χ0v) is 12.8. The molecule has 0 bridgehead atoms. The molecule has 0 unspecified atom stereocenters. The van der Waals surface area contributed by atoms with Crippen LogP contribution >= 0.6 is 0 Å². The molecule has 0 spiro atoms. The number of alkyl halides is 3. The molecule has 2 aromatic rings. The van der Waals surface area contributed by atoms with Crippen molar-refractivity contribution in [2.75, 3.05) is 0 Å². The van der Waals surface area contributed by atoms with Crippen molar-refractivity contribution in [2.45, 2.75) is 19.7 Å². The molecule has 3 nitrogen and oxygen atoms in total. The Morgan fingerprint density at radius 2 is 1.83 bits per heavy atom. The predicted molar refractivity (Wildman–Crippen MR) is 83.1 cm³/mol. The van der Waals surface area contributed by atoms with Gasteiger partial charge < -0.3 is 9.84 Å². The van der Waals surface area contributed by atoms with E-state index < -0.39 is 17.7 Å². The number of hydrogen-bond donors (Lipinski definition) is 1. The molecule has 0 aliphatic carbocycles. The number of rotatable bonds is 5. The standard InChI is InChI=1S/C18H15F3O3/c1-12-3-2-4-13(9-12)11-24-15-7-5-14(6-8-15)16(22)10-17(23)18(19,20)21/h2-10,23H,11H2,1H3/b17-10-. The van der Waals surface area contributed by atoms with Crippen LogP contribution in [0.1, 0.15) is 21.5 Å². The first kappa shape index (κ1) is 17.6. The lowest BCUT2D eigenvalue weighted by atomic mass is 10.1. The zero-order valence-electron chi connectivity index (χ0n) is 12.8. The highest BCUT2D eigenvalue weighted by Gasteiger charge is 2.34. The number of ether oxygens (including phenoxy) is 1. The summed E-state index contributed by atoms with van der Waals surface area (Å²) in [5.41, 5.74) is 2.11. The van der Waals surface area contributed by atoms with Crippen molar-refractivity contribution in [3.05, 3.63) is 77.1 Å². The van der Waals surface area contributed by atoms with Crippen molar-refractivity contribution in [1.82, 2.24) is 0 Å². The number of aliphatic hydroxyl groups is 1. The highest BCUT2D eigenvalue weighted by Crippen LogP contribution is 2.24. The summed E-state index contributed by atoms with van der Waals surface area (Å²) in [5, 5.41) is 8.80. The van der Waals surface area contributed by atoms with Gasteiger partial charge in [-0.3, -0.25) is 4.79 Å². The van der Waals surface area contributed by atoms with E-state index in [0.29, 0.717) is 12.4 Å². The monoisotopic (exact) mass is 336 g/mol. The van der Waals surface area contributed by atoms with Crippen molar-refractivity contribution >= 4 is 5.78 Å². The third-order valence-corrected chi connectivity index (χ3v) is 3.19. The Bertz CT molecular complexity index is 747. The number of carbonyl (C=O) groups is 1. The Morgan fingerprint density at radius 1 is 1.17 bits per heavy atom. The van der Waals surface area contributed by atoms with Gasteiger partial charge in [0.15, 0.2) is 5.78 Å². The van der Waals surface area contributed by atoms with Gasteiger partial charge in [-0.1, -0.05) is 29.8 Å². The van der Waals surface area contributed by atoms with Crippen LogP contribution in [0.15, 0.2) is 60.4 Å². The molecule has 0 atom stereocenters. The first-order valence-electron chi connectivity index (χ1n) is 7.06. The molecule has 0 aromatic heterocycles. The zero-order chi connectivity index (χ0) is 17.7. The molecule has 0 saturated heterocycles. The fourth-order valence-corrected chi connectivity index (χ4v) is 1.97. The largest absolute Gasteiger partial charge is 0.504 e. The van der Waals surface area contributed by atoms with Gasteiger partial charge in [0, 0.05) is 11.6 Å². The average molecular weight is 336 g/mol. The maximum atomic E-state index is 12.2. The van der Waals surface area contributed by atoms with Crippen LogP contribution in [0.4, 0.5) is 13.2 Å². The minimum atomic E-state index is -4.94. The van der Waals surface area contributed by atoms with E-state index in [9.17, 15) is 18.0 Å². The maximum Gasteiger partial charge on any atom is 0.448 e. The molecule has 2 rings (SSSR count). The summed E-state index contributed by atoms with van der Waals surface area (Å²) in [7, 11) is 0. The number of carbonyl (C=O) groups excluding carboxylic acids is 1. The Labute approximate surface area is 137 Å². The molecule has 6 heteroatoms. The van der Waals surface area contributed by atoms with Gasteiger partial charge in [-0.25, -0.2) is 0 Å². The van der Waals surface area contributed by atoms with E-state index in [0.717, 1.165) is 11.1 Å². The third-order valence-electron chi connectivity index (χ3n) is 3.19. The van der Waals surface area contributed by atoms with Crippen molar-refractivity contribution in [2.24, 2.45) is 0 Å². The lowest BCUT2D eigenvalue weighted by molar-refractivity contribution is -0.120. The summed E-state index contributed by atoms with van der Waals surface area (Å²) in [6.45, 7) is 2.30. The number of ketones is 1. The fraction of sp³-hybridized carbons (Fsp3) is 0.167. The van der Waals surface area contributed by atoms with Crippen LogP contribution in [0.5, 0.6) is 5.75 Å². The highest BCUT2D eigenvalue weighted by atomic mass is 19.4. The predicted octanol–water partition coefficient (Wildman–Crippen LogP) is 4.76. The van der Waals surface area contributed by atoms with Crippen LogP contribution in [0.2, 0.25) is 0 Å². The first-order valence-corrected chi connectivity index (χ1v) is 7.06. The van der Waals surface area contributed by atoms with Gasteiger partial charge in [0.25, 0.3) is 0 Å². The van der Waals surface area contributed by atoms with Gasteiger partial charge in [0.2, 0.25) is 5.76 Å². The SMILES string of the molecule is Cc1cccc(COc2ccc(C(=O)/C=C(\O)C(F)(F)F)cc2)c1. The molecule has 0 saturated carbocycles. The summed E-state index contributed by atoms with van der Waals surface area (Å²) in [6, 6.07) is 13.4. The topological polar surface area (TPSA) is 46.5 Å². The van der Waals surface area contributed by atoms with Crippen molar-refractivity contribution in [3.8, 4) is 5.75 Å². The van der Waals surface area contributed by atoms with Gasteiger partial charge in [-0.2, -0.15) is 13.2 Å². The minimum absolute atomic E-state index is 0.0219. The summed E-state index contributed by atoms with van der Waals surface area (Å²) in [4.78, 5) is 11.7. The van der Waals surface area contributed by atoms with Crippen LogP contribution in [-0.2, 0) is 6.61 Å². The smallest absolute Gasteiger partial charge is 0.448 e. The van der Waals surface area contributed by atoms with Crippen molar-refractivity contribution < 1.29 is 27.8 Å². The lowest BCUT2D eigenvalue weighted by Crippen LogP contribution is -2.13. The lowest BCUT2D eigenvalue weighted by Gasteiger charge is -2.08. The van der Waals surface area contributed by atoms with Crippen molar-refractivity contribution in [1.29, 1.82) is 0 Å². The van der Waals surface area contributed by atoms with Crippen LogP contribution in [-0.4, -0.2) is 17.1 Å². The molecule has 0 fully saturated rings. The summed E-state index contributed by atoms with van der Waals surface area (Å²) < 4.78 is 42.1. The van der Waals surface area contributed by atoms with Gasteiger partial charge in [-0.05, 0) is 36.8 Å². The summed E-state index contributed by atoms with van der Waals surface area (Å²) in [5.74, 6) is -2.38. The molecule has 0 radical (unpaired) electrons. The fourth-order valence-electron chi connectivity index (χ4n) is 1.97. The normalized spacial score (nSPS) is 12.1. The average Bonchev–Trinajstić information content (AvgIpc) is 2.52. The Balaban J connectivity index is 2.01. The Morgan fingerprint density at radius 3 is 2.42 bits per heavy atom. The Hall–Kier alpha value is -2.76. The molecule has 1 N–H and O–H groups in total. The number of aliphatic hydroxyl groups excluding tert-OH is 1. The van der Waals surface area contributed by atoms with Crippen LogP contribution < -0.4 is 4.74 Å². The summed E-state index contributed by atoms with van der Waals surface area (Å²) >= 11 is 0. The van der Waals surface area contributed by atoms with E-state index in [4.69, 9.17) is 9.84 Å². The van der Waals surface area contributed by atoms with Gasteiger partial charge in [-0.15, -0.1) is 0 Å².